The molecule has 0 fully saturated rings. The van der Waals surface area contributed by atoms with E-state index < -0.39 is 41.9 Å². The predicted octanol–water partition coefficient (Wildman–Crippen LogP) is 2.64. The highest BCUT2D eigenvalue weighted by atomic mass is 19.4. The summed E-state index contributed by atoms with van der Waals surface area (Å²) in [5.74, 6) is -1.27. The van der Waals surface area contributed by atoms with Crippen LogP contribution in [0.4, 0.5) is 26.3 Å². The Bertz CT molecular complexity index is 387. The molecule has 0 bridgehead atoms. The van der Waals surface area contributed by atoms with Crippen LogP contribution in [0.2, 0.25) is 0 Å². The van der Waals surface area contributed by atoms with Crippen LogP contribution in [0.3, 0.4) is 0 Å². The number of nitrogens with zero attached hydrogens (tertiary/aromatic N) is 1. The molecule has 1 aromatic heterocycles. The third-order valence-electron chi connectivity index (χ3n) is 1.78. The zero-order chi connectivity index (χ0) is 12.5. The Kier molecular flexibility index (Phi) is 3.41. The van der Waals surface area contributed by atoms with Gasteiger partial charge in [0.2, 0.25) is 0 Å². The van der Waals surface area contributed by atoms with Crippen molar-refractivity contribution >= 4 is 0 Å². The summed E-state index contributed by atoms with van der Waals surface area (Å²) in [6.07, 6.45) is -8.52. The normalized spacial score (nSPS) is 12.2. The fraction of sp³-hybridized carbons (Fsp3) is 0.375. The molecule has 1 rings (SSSR count). The van der Waals surface area contributed by atoms with Gasteiger partial charge in [0.1, 0.15) is 5.82 Å². The number of hydrogen-bond acceptors (Lipinski definition) is 2. The van der Waals surface area contributed by atoms with Gasteiger partial charge in [-0.2, -0.15) is 13.2 Å². The Morgan fingerprint density at radius 2 is 1.88 bits per heavy atom. The Labute approximate surface area is 86.1 Å². The topological polar surface area (TPSA) is 38.9 Å². The summed E-state index contributed by atoms with van der Waals surface area (Å²) in [6, 6.07) is 0.114. The molecule has 2 N–H and O–H groups in total. The van der Waals surface area contributed by atoms with Crippen LogP contribution in [0, 0.1) is 5.82 Å². The second-order valence-corrected chi connectivity index (χ2v) is 2.86. The molecule has 90 valence electrons. The summed E-state index contributed by atoms with van der Waals surface area (Å²) in [7, 11) is 0. The third-order valence-corrected chi connectivity index (χ3v) is 1.78. The Morgan fingerprint density at radius 1 is 1.31 bits per heavy atom. The van der Waals surface area contributed by atoms with Crippen molar-refractivity contribution in [2.75, 3.05) is 0 Å². The van der Waals surface area contributed by atoms with E-state index in [0.29, 0.717) is 0 Å². The van der Waals surface area contributed by atoms with Gasteiger partial charge in [-0.15, -0.1) is 0 Å². The first-order valence-electron chi connectivity index (χ1n) is 4.02. The lowest BCUT2D eigenvalue weighted by Crippen LogP contribution is -2.16. The molecule has 0 atom stereocenters. The van der Waals surface area contributed by atoms with E-state index in [4.69, 9.17) is 5.73 Å². The van der Waals surface area contributed by atoms with Crippen molar-refractivity contribution in [1.29, 1.82) is 0 Å². The lowest BCUT2D eigenvalue weighted by Gasteiger charge is -2.13. The molecule has 2 nitrogen and oxygen atoms in total. The SMILES string of the molecule is NCc1nc(C(F)(F)F)c(C(F)F)cc1F. The van der Waals surface area contributed by atoms with Gasteiger partial charge in [-0.05, 0) is 6.07 Å². The van der Waals surface area contributed by atoms with E-state index in [1.165, 1.54) is 0 Å². The molecule has 0 aromatic carbocycles. The maximum absolute atomic E-state index is 12.9. The van der Waals surface area contributed by atoms with Gasteiger partial charge in [0.15, 0.2) is 5.69 Å². The van der Waals surface area contributed by atoms with Gasteiger partial charge >= 0.3 is 6.18 Å². The van der Waals surface area contributed by atoms with E-state index in [9.17, 15) is 26.3 Å². The lowest BCUT2D eigenvalue weighted by molar-refractivity contribution is -0.143. The first kappa shape index (κ1) is 12.8. The van der Waals surface area contributed by atoms with Crippen molar-refractivity contribution in [2.24, 2.45) is 5.73 Å². The zero-order valence-corrected chi connectivity index (χ0v) is 7.65. The van der Waals surface area contributed by atoms with Gasteiger partial charge in [0.25, 0.3) is 6.43 Å². The molecule has 0 unspecified atom stereocenters. The molecule has 0 saturated heterocycles. The van der Waals surface area contributed by atoms with Gasteiger partial charge in [0.05, 0.1) is 11.3 Å². The maximum Gasteiger partial charge on any atom is 0.433 e. The fourth-order valence-corrected chi connectivity index (χ4v) is 1.08. The van der Waals surface area contributed by atoms with Crippen molar-refractivity contribution in [3.8, 4) is 0 Å². The van der Waals surface area contributed by atoms with Crippen LogP contribution in [-0.2, 0) is 12.7 Å². The van der Waals surface area contributed by atoms with E-state index in [-0.39, 0.29) is 6.07 Å². The molecular weight excluding hydrogens is 238 g/mol. The number of hydrogen-bond donors (Lipinski definition) is 1. The fourth-order valence-electron chi connectivity index (χ4n) is 1.08. The van der Waals surface area contributed by atoms with Crippen molar-refractivity contribution in [3.63, 3.8) is 0 Å². The Balaban J connectivity index is 3.43. The van der Waals surface area contributed by atoms with Gasteiger partial charge < -0.3 is 5.73 Å². The van der Waals surface area contributed by atoms with Crippen molar-refractivity contribution < 1.29 is 26.3 Å². The molecule has 0 radical (unpaired) electrons. The van der Waals surface area contributed by atoms with E-state index in [2.05, 4.69) is 4.98 Å². The highest BCUT2D eigenvalue weighted by Gasteiger charge is 2.38. The molecule has 0 amide bonds. The van der Waals surface area contributed by atoms with Crippen LogP contribution < -0.4 is 5.73 Å². The monoisotopic (exact) mass is 244 g/mol. The highest BCUT2D eigenvalue weighted by Crippen LogP contribution is 2.35. The molecule has 0 spiro atoms. The van der Waals surface area contributed by atoms with Crippen molar-refractivity contribution in [3.05, 3.63) is 28.8 Å². The summed E-state index contributed by atoms with van der Waals surface area (Å²) in [6.45, 7) is -0.599. The van der Waals surface area contributed by atoms with E-state index in [1.54, 1.807) is 0 Å². The second-order valence-electron chi connectivity index (χ2n) is 2.86. The molecule has 8 heteroatoms. The number of rotatable bonds is 2. The lowest BCUT2D eigenvalue weighted by atomic mass is 10.1. The van der Waals surface area contributed by atoms with Crippen molar-refractivity contribution in [2.45, 2.75) is 19.1 Å². The molecule has 1 aromatic rings. The van der Waals surface area contributed by atoms with Gasteiger partial charge in [-0.3, -0.25) is 0 Å². The average molecular weight is 244 g/mol. The minimum absolute atomic E-state index is 0.114. The number of nitrogens with two attached hydrogens (primary N) is 1. The minimum Gasteiger partial charge on any atom is -0.325 e. The van der Waals surface area contributed by atoms with E-state index in [1.807, 2.05) is 0 Å². The van der Waals surface area contributed by atoms with Crippen LogP contribution >= 0.6 is 0 Å². The first-order chi connectivity index (χ1) is 7.27. The molecule has 1 heterocycles. The molecule has 0 aliphatic carbocycles. The smallest absolute Gasteiger partial charge is 0.325 e. The summed E-state index contributed by atoms with van der Waals surface area (Å²) in [4.78, 5) is 2.78. The molecule has 0 aliphatic rings. The highest BCUT2D eigenvalue weighted by molar-refractivity contribution is 5.27. The van der Waals surface area contributed by atoms with Gasteiger partial charge in [-0.1, -0.05) is 0 Å². The standard InChI is InChI=1S/C8H6F6N2/c9-4-1-3(7(10)11)6(8(12,13)14)16-5(4)2-15/h1,7H,2,15H2. The second kappa shape index (κ2) is 4.28. The van der Waals surface area contributed by atoms with Crippen LogP contribution in [0.5, 0.6) is 0 Å². The summed E-state index contributed by atoms with van der Waals surface area (Å²) in [5.41, 5.74) is 0.949. The van der Waals surface area contributed by atoms with Crippen molar-refractivity contribution in [1.82, 2.24) is 4.98 Å². The average Bonchev–Trinajstić information content (AvgIpc) is 2.15. The van der Waals surface area contributed by atoms with Crippen LogP contribution in [0.1, 0.15) is 23.4 Å². The Hall–Kier alpha value is -1.31. The summed E-state index contributed by atoms with van der Waals surface area (Å²) < 4.78 is 74.3. The van der Waals surface area contributed by atoms with Crippen LogP contribution in [-0.4, -0.2) is 4.98 Å². The summed E-state index contributed by atoms with van der Waals surface area (Å²) in [5, 5.41) is 0. The molecular formula is C8H6F6N2. The quantitative estimate of drug-likeness (QED) is 0.812. The van der Waals surface area contributed by atoms with Gasteiger partial charge in [-0.25, -0.2) is 18.2 Å². The third kappa shape index (κ3) is 2.43. The van der Waals surface area contributed by atoms with Crippen LogP contribution in [0.25, 0.3) is 0 Å². The van der Waals surface area contributed by atoms with Gasteiger partial charge in [0, 0.05) is 6.54 Å². The first-order valence-corrected chi connectivity index (χ1v) is 4.02. The van der Waals surface area contributed by atoms with E-state index >= 15 is 0 Å². The number of pyridine rings is 1. The molecule has 0 aliphatic heterocycles. The minimum atomic E-state index is -5.07. The largest absolute Gasteiger partial charge is 0.433 e. The number of halogens is 6. The predicted molar refractivity (Wildman–Crippen MR) is 42.0 cm³/mol. The maximum atomic E-state index is 12.9. The molecule has 16 heavy (non-hydrogen) atoms. The number of alkyl halides is 5. The van der Waals surface area contributed by atoms with E-state index in [0.717, 1.165) is 0 Å². The summed E-state index contributed by atoms with van der Waals surface area (Å²) >= 11 is 0. The number of aromatic nitrogens is 1. The van der Waals surface area contributed by atoms with Crippen LogP contribution in [0.15, 0.2) is 6.07 Å². The Morgan fingerprint density at radius 3 is 2.25 bits per heavy atom. The molecule has 0 saturated carbocycles. The zero-order valence-electron chi connectivity index (χ0n) is 7.65.